The zero-order valence-corrected chi connectivity index (χ0v) is 10.6. The molecule has 0 aromatic carbocycles. The lowest BCUT2D eigenvalue weighted by molar-refractivity contribution is -0.0920. The fourth-order valence-electron chi connectivity index (χ4n) is 1.17. The molecule has 0 atom stereocenters. The van der Waals surface area contributed by atoms with E-state index in [1.165, 1.54) is 12.8 Å². The monoisotopic (exact) mass is 213 g/mol. The first-order chi connectivity index (χ1) is 7.35. The second-order valence-corrected chi connectivity index (χ2v) is 3.84. The van der Waals surface area contributed by atoms with Crippen LogP contribution in [-0.4, -0.2) is 26.7 Å². The van der Waals surface area contributed by atoms with E-state index < -0.39 is 0 Å². The first kappa shape index (κ1) is 15.0. The fraction of sp³-hybridized carbons (Fsp3) is 1.00. The number of ether oxygens (including phenoxy) is 2. The molecule has 0 aliphatic rings. The molecule has 3 heteroatoms. The van der Waals surface area contributed by atoms with Crippen LogP contribution in [0.1, 0.15) is 52.9 Å². The predicted molar refractivity (Wildman–Crippen MR) is 66.4 cm³/mol. The SMILES string of the molecule is CCC[B]C(OCCCC)OCCCC. The maximum Gasteiger partial charge on any atom is 0.186 e. The van der Waals surface area contributed by atoms with E-state index in [0.717, 1.165) is 38.8 Å². The molecule has 2 nitrogen and oxygen atoms in total. The summed E-state index contributed by atoms with van der Waals surface area (Å²) in [5, 5.41) is 0. The molecule has 0 unspecified atom stereocenters. The Kier molecular flexibility index (Phi) is 12.0. The smallest absolute Gasteiger partial charge is 0.186 e. The molecule has 0 spiro atoms. The van der Waals surface area contributed by atoms with Gasteiger partial charge in [-0.05, 0) is 12.8 Å². The lowest BCUT2D eigenvalue weighted by Crippen LogP contribution is -2.25. The zero-order chi connectivity index (χ0) is 11.4. The summed E-state index contributed by atoms with van der Waals surface area (Å²) in [7, 11) is 2.14. The van der Waals surface area contributed by atoms with Crippen LogP contribution >= 0.6 is 0 Å². The maximum atomic E-state index is 5.65. The van der Waals surface area contributed by atoms with Gasteiger partial charge in [-0.3, -0.25) is 0 Å². The molecule has 0 aromatic heterocycles. The molecule has 0 bridgehead atoms. The van der Waals surface area contributed by atoms with Crippen LogP contribution in [-0.2, 0) is 9.47 Å². The van der Waals surface area contributed by atoms with Gasteiger partial charge < -0.3 is 9.47 Å². The number of unbranched alkanes of at least 4 members (excludes halogenated alkanes) is 2. The molecule has 0 aliphatic carbocycles. The van der Waals surface area contributed by atoms with E-state index >= 15 is 0 Å². The summed E-state index contributed by atoms with van der Waals surface area (Å²) in [5.74, 6) is 0. The molecule has 15 heavy (non-hydrogen) atoms. The van der Waals surface area contributed by atoms with E-state index in [1.54, 1.807) is 0 Å². The molecular formula is C12H26BO2. The average Bonchev–Trinajstić information content (AvgIpc) is 2.25. The first-order valence-electron chi connectivity index (χ1n) is 6.41. The van der Waals surface area contributed by atoms with Crippen molar-refractivity contribution in [2.75, 3.05) is 13.2 Å². The second kappa shape index (κ2) is 12.1. The molecule has 0 saturated carbocycles. The van der Waals surface area contributed by atoms with E-state index in [4.69, 9.17) is 9.47 Å². The highest BCUT2D eigenvalue weighted by molar-refractivity contribution is 6.36. The standard InChI is InChI=1S/C12H26BO2/c1-4-7-10-14-12(13-9-6-3)15-11-8-5-2/h12H,4-11H2,1-3H3. The van der Waals surface area contributed by atoms with Crippen LogP contribution in [0.2, 0.25) is 6.32 Å². The van der Waals surface area contributed by atoms with Crippen LogP contribution < -0.4 is 0 Å². The Balaban J connectivity index is 3.53. The van der Waals surface area contributed by atoms with Crippen molar-refractivity contribution < 1.29 is 9.47 Å². The molecule has 0 saturated heterocycles. The lowest BCUT2D eigenvalue weighted by atomic mass is 9.72. The van der Waals surface area contributed by atoms with E-state index in [9.17, 15) is 0 Å². The average molecular weight is 213 g/mol. The van der Waals surface area contributed by atoms with E-state index in [-0.39, 0.29) is 6.19 Å². The van der Waals surface area contributed by atoms with Gasteiger partial charge in [-0.25, -0.2) is 0 Å². The quantitative estimate of drug-likeness (QED) is 0.297. The Bertz CT molecular complexity index is 110. The Morgan fingerprint density at radius 3 is 1.80 bits per heavy atom. The highest BCUT2D eigenvalue weighted by Gasteiger charge is 2.09. The minimum Gasteiger partial charge on any atom is -0.361 e. The molecule has 0 heterocycles. The summed E-state index contributed by atoms with van der Waals surface area (Å²) in [6, 6.07) is 0. The van der Waals surface area contributed by atoms with Gasteiger partial charge in [-0.15, -0.1) is 0 Å². The van der Waals surface area contributed by atoms with Crippen LogP contribution in [0.15, 0.2) is 0 Å². The van der Waals surface area contributed by atoms with Crippen molar-refractivity contribution in [3.05, 3.63) is 0 Å². The van der Waals surface area contributed by atoms with Gasteiger partial charge in [-0.2, -0.15) is 0 Å². The van der Waals surface area contributed by atoms with Crippen molar-refractivity contribution in [2.24, 2.45) is 0 Å². The van der Waals surface area contributed by atoms with E-state index in [1.807, 2.05) is 0 Å². The van der Waals surface area contributed by atoms with Crippen LogP contribution in [0.3, 0.4) is 0 Å². The minimum absolute atomic E-state index is 0.0805. The molecule has 0 aromatic rings. The van der Waals surface area contributed by atoms with Crippen molar-refractivity contribution in [1.82, 2.24) is 0 Å². The third-order valence-electron chi connectivity index (χ3n) is 2.21. The third kappa shape index (κ3) is 10.3. The molecule has 0 amide bonds. The molecule has 89 valence electrons. The van der Waals surface area contributed by atoms with E-state index in [0.29, 0.717) is 0 Å². The van der Waals surface area contributed by atoms with Gasteiger partial charge in [0.05, 0.1) is 0 Å². The third-order valence-corrected chi connectivity index (χ3v) is 2.21. The largest absolute Gasteiger partial charge is 0.361 e. The molecule has 1 radical (unpaired) electrons. The first-order valence-corrected chi connectivity index (χ1v) is 6.41. The highest BCUT2D eigenvalue weighted by Crippen LogP contribution is 2.02. The van der Waals surface area contributed by atoms with Gasteiger partial charge in [0.25, 0.3) is 0 Å². The van der Waals surface area contributed by atoms with Crippen molar-refractivity contribution in [3.8, 4) is 0 Å². The van der Waals surface area contributed by atoms with Gasteiger partial charge in [0.2, 0.25) is 0 Å². The normalized spacial score (nSPS) is 10.9. The van der Waals surface area contributed by atoms with Crippen molar-refractivity contribution in [1.29, 1.82) is 0 Å². The van der Waals surface area contributed by atoms with Crippen molar-refractivity contribution in [3.63, 3.8) is 0 Å². The topological polar surface area (TPSA) is 18.5 Å². The Morgan fingerprint density at radius 1 is 0.867 bits per heavy atom. The highest BCUT2D eigenvalue weighted by atomic mass is 16.7. The molecule has 0 N–H and O–H groups in total. The van der Waals surface area contributed by atoms with Gasteiger partial charge in [0.1, 0.15) is 6.19 Å². The summed E-state index contributed by atoms with van der Waals surface area (Å²) in [4.78, 5) is 0. The van der Waals surface area contributed by atoms with Gasteiger partial charge >= 0.3 is 0 Å². The second-order valence-electron chi connectivity index (χ2n) is 3.84. The fourth-order valence-corrected chi connectivity index (χ4v) is 1.17. The summed E-state index contributed by atoms with van der Waals surface area (Å²) >= 11 is 0. The molecule has 0 rings (SSSR count). The number of hydrogen-bond donors (Lipinski definition) is 0. The van der Waals surface area contributed by atoms with Gasteiger partial charge in [-0.1, -0.05) is 46.4 Å². The number of hydrogen-bond acceptors (Lipinski definition) is 2. The summed E-state index contributed by atoms with van der Waals surface area (Å²) in [6.45, 7) is 8.14. The predicted octanol–water partition coefficient (Wildman–Crippen LogP) is 3.44. The van der Waals surface area contributed by atoms with Crippen LogP contribution in [0.5, 0.6) is 0 Å². The lowest BCUT2D eigenvalue weighted by Gasteiger charge is -2.17. The summed E-state index contributed by atoms with van der Waals surface area (Å²) < 4.78 is 11.3. The van der Waals surface area contributed by atoms with Gasteiger partial charge in [0, 0.05) is 13.2 Å². The molecular weight excluding hydrogens is 187 g/mol. The van der Waals surface area contributed by atoms with Gasteiger partial charge in [0.15, 0.2) is 7.28 Å². The minimum atomic E-state index is -0.0805. The molecule has 0 fully saturated rings. The van der Waals surface area contributed by atoms with Crippen molar-refractivity contribution >= 4 is 7.28 Å². The van der Waals surface area contributed by atoms with E-state index in [2.05, 4.69) is 28.1 Å². The summed E-state index contributed by atoms with van der Waals surface area (Å²) in [5.41, 5.74) is 0. The Hall–Kier alpha value is -0.0151. The van der Waals surface area contributed by atoms with Crippen LogP contribution in [0, 0.1) is 0 Å². The molecule has 0 aliphatic heterocycles. The summed E-state index contributed by atoms with van der Waals surface area (Å²) in [6.07, 6.45) is 6.74. The zero-order valence-electron chi connectivity index (χ0n) is 10.6. The Morgan fingerprint density at radius 2 is 1.40 bits per heavy atom. The van der Waals surface area contributed by atoms with Crippen LogP contribution in [0.4, 0.5) is 0 Å². The maximum absolute atomic E-state index is 5.65. The van der Waals surface area contributed by atoms with Crippen LogP contribution in [0.25, 0.3) is 0 Å². The Labute approximate surface area is 96.0 Å². The van der Waals surface area contributed by atoms with Crippen molar-refractivity contribution in [2.45, 2.75) is 65.4 Å². The number of rotatable bonds is 11.